The maximum atomic E-state index is 3.53. The fourth-order valence-electron chi connectivity index (χ4n) is 1.15. The van der Waals surface area contributed by atoms with Gasteiger partial charge in [0.25, 0.3) is 0 Å². The van der Waals surface area contributed by atoms with Crippen molar-refractivity contribution in [3.63, 3.8) is 0 Å². The van der Waals surface area contributed by atoms with E-state index in [0.717, 1.165) is 6.04 Å². The molecule has 1 aliphatic carbocycles. The molecule has 0 radical (unpaired) electrons. The SMILES string of the molecule is CSCCNC1CC1(C)C. The quantitative estimate of drug-likeness (QED) is 0.627. The molecule has 1 rings (SSSR count). The maximum absolute atomic E-state index is 3.53. The van der Waals surface area contributed by atoms with Crippen molar-refractivity contribution in [2.24, 2.45) is 5.41 Å². The number of hydrogen-bond acceptors (Lipinski definition) is 2. The minimum Gasteiger partial charge on any atom is -0.313 e. The van der Waals surface area contributed by atoms with Crippen LogP contribution in [0.5, 0.6) is 0 Å². The monoisotopic (exact) mass is 159 g/mol. The van der Waals surface area contributed by atoms with E-state index in [2.05, 4.69) is 25.4 Å². The Labute approximate surface area is 68.0 Å². The third kappa shape index (κ3) is 2.17. The highest BCUT2D eigenvalue weighted by molar-refractivity contribution is 7.98. The Balaban J connectivity index is 1.97. The second kappa shape index (κ2) is 3.14. The van der Waals surface area contributed by atoms with E-state index in [-0.39, 0.29) is 0 Å². The van der Waals surface area contributed by atoms with E-state index in [9.17, 15) is 0 Å². The van der Waals surface area contributed by atoms with E-state index in [1.165, 1.54) is 18.7 Å². The number of thioether (sulfide) groups is 1. The predicted molar refractivity (Wildman–Crippen MR) is 48.6 cm³/mol. The van der Waals surface area contributed by atoms with Crippen LogP contribution in [0.4, 0.5) is 0 Å². The van der Waals surface area contributed by atoms with Crippen LogP contribution in [0.25, 0.3) is 0 Å². The maximum Gasteiger partial charge on any atom is 0.0125 e. The van der Waals surface area contributed by atoms with Crippen LogP contribution in [0.15, 0.2) is 0 Å². The van der Waals surface area contributed by atoms with Gasteiger partial charge in [-0.25, -0.2) is 0 Å². The lowest BCUT2D eigenvalue weighted by Gasteiger charge is -2.04. The molecular weight excluding hydrogens is 142 g/mol. The van der Waals surface area contributed by atoms with Crippen LogP contribution in [0.3, 0.4) is 0 Å². The van der Waals surface area contributed by atoms with Crippen LogP contribution < -0.4 is 5.32 Å². The van der Waals surface area contributed by atoms with E-state index in [4.69, 9.17) is 0 Å². The van der Waals surface area contributed by atoms with E-state index in [1.54, 1.807) is 0 Å². The first kappa shape index (κ1) is 8.41. The van der Waals surface area contributed by atoms with Crippen LogP contribution in [-0.2, 0) is 0 Å². The molecule has 1 nitrogen and oxygen atoms in total. The molecule has 1 aliphatic rings. The minimum atomic E-state index is 0.596. The van der Waals surface area contributed by atoms with Crippen LogP contribution in [-0.4, -0.2) is 24.6 Å². The molecule has 0 heterocycles. The summed E-state index contributed by atoms with van der Waals surface area (Å²) >= 11 is 1.91. The number of rotatable bonds is 4. The Morgan fingerprint density at radius 2 is 2.20 bits per heavy atom. The predicted octanol–water partition coefficient (Wildman–Crippen LogP) is 1.74. The van der Waals surface area contributed by atoms with Crippen molar-refractivity contribution < 1.29 is 0 Å². The highest BCUT2D eigenvalue weighted by Gasteiger charge is 2.44. The Morgan fingerprint density at radius 1 is 1.60 bits per heavy atom. The van der Waals surface area contributed by atoms with Crippen molar-refractivity contribution in [1.82, 2.24) is 5.32 Å². The summed E-state index contributed by atoms with van der Waals surface area (Å²) in [5, 5.41) is 3.53. The lowest BCUT2D eigenvalue weighted by atomic mass is 10.2. The summed E-state index contributed by atoms with van der Waals surface area (Å²) in [7, 11) is 0. The van der Waals surface area contributed by atoms with Gasteiger partial charge < -0.3 is 5.32 Å². The lowest BCUT2D eigenvalue weighted by Crippen LogP contribution is -2.22. The van der Waals surface area contributed by atoms with Crippen molar-refractivity contribution in [2.75, 3.05) is 18.6 Å². The van der Waals surface area contributed by atoms with Crippen LogP contribution in [0.2, 0.25) is 0 Å². The highest BCUT2D eigenvalue weighted by atomic mass is 32.2. The summed E-state index contributed by atoms with van der Waals surface area (Å²) in [6.45, 7) is 5.82. The van der Waals surface area contributed by atoms with Crippen molar-refractivity contribution in [1.29, 1.82) is 0 Å². The first-order valence-electron chi connectivity index (χ1n) is 3.89. The van der Waals surface area contributed by atoms with Gasteiger partial charge in [-0.15, -0.1) is 0 Å². The van der Waals surface area contributed by atoms with Gasteiger partial charge >= 0.3 is 0 Å². The van der Waals surface area contributed by atoms with Gasteiger partial charge in [-0.3, -0.25) is 0 Å². The van der Waals surface area contributed by atoms with Crippen molar-refractivity contribution >= 4 is 11.8 Å². The number of nitrogens with one attached hydrogen (secondary N) is 1. The van der Waals surface area contributed by atoms with Crippen molar-refractivity contribution in [3.05, 3.63) is 0 Å². The van der Waals surface area contributed by atoms with Crippen molar-refractivity contribution in [2.45, 2.75) is 26.3 Å². The van der Waals surface area contributed by atoms with E-state index in [0.29, 0.717) is 5.41 Å². The van der Waals surface area contributed by atoms with Gasteiger partial charge in [0.1, 0.15) is 0 Å². The average molecular weight is 159 g/mol. The molecule has 0 amide bonds. The van der Waals surface area contributed by atoms with Crippen LogP contribution in [0.1, 0.15) is 20.3 Å². The topological polar surface area (TPSA) is 12.0 Å². The van der Waals surface area contributed by atoms with Gasteiger partial charge in [-0.1, -0.05) is 13.8 Å². The molecule has 0 aliphatic heterocycles. The molecule has 0 aromatic rings. The molecule has 60 valence electrons. The molecule has 1 unspecified atom stereocenters. The molecule has 0 spiro atoms. The van der Waals surface area contributed by atoms with Gasteiger partial charge in [0.15, 0.2) is 0 Å². The summed E-state index contributed by atoms with van der Waals surface area (Å²) in [6, 6.07) is 0.805. The first-order valence-corrected chi connectivity index (χ1v) is 5.28. The van der Waals surface area contributed by atoms with E-state index >= 15 is 0 Å². The first-order chi connectivity index (χ1) is 4.67. The fourth-order valence-corrected chi connectivity index (χ4v) is 1.47. The molecule has 1 fully saturated rings. The summed E-state index contributed by atoms with van der Waals surface area (Å²) in [6.07, 6.45) is 3.51. The Morgan fingerprint density at radius 3 is 2.60 bits per heavy atom. The normalized spacial score (nSPS) is 28.5. The highest BCUT2D eigenvalue weighted by Crippen LogP contribution is 2.44. The zero-order valence-electron chi connectivity index (χ0n) is 7.11. The Hall–Kier alpha value is 0.310. The Bertz CT molecular complexity index is 112. The molecule has 0 aromatic carbocycles. The van der Waals surface area contributed by atoms with Gasteiger partial charge in [-0.05, 0) is 18.1 Å². The zero-order chi connectivity index (χ0) is 7.61. The second-order valence-electron chi connectivity index (χ2n) is 3.69. The second-order valence-corrected chi connectivity index (χ2v) is 4.68. The van der Waals surface area contributed by atoms with Crippen LogP contribution in [0, 0.1) is 5.41 Å². The Kier molecular flexibility index (Phi) is 2.64. The average Bonchev–Trinajstić information content (AvgIpc) is 2.41. The summed E-state index contributed by atoms with van der Waals surface area (Å²) in [5.41, 5.74) is 0.596. The third-order valence-corrected chi connectivity index (χ3v) is 2.82. The lowest BCUT2D eigenvalue weighted by molar-refractivity contribution is 0.555. The largest absolute Gasteiger partial charge is 0.313 e. The van der Waals surface area contributed by atoms with E-state index < -0.39 is 0 Å². The van der Waals surface area contributed by atoms with Gasteiger partial charge in [0, 0.05) is 18.3 Å². The third-order valence-electron chi connectivity index (χ3n) is 2.21. The summed E-state index contributed by atoms with van der Waals surface area (Å²) in [4.78, 5) is 0. The molecule has 2 heteroatoms. The minimum absolute atomic E-state index is 0.596. The molecule has 0 saturated heterocycles. The van der Waals surface area contributed by atoms with Crippen molar-refractivity contribution in [3.8, 4) is 0 Å². The van der Waals surface area contributed by atoms with Gasteiger partial charge in [0.2, 0.25) is 0 Å². The molecule has 0 aromatic heterocycles. The number of hydrogen-bond donors (Lipinski definition) is 1. The molecule has 1 atom stereocenters. The van der Waals surface area contributed by atoms with Gasteiger partial charge in [0.05, 0.1) is 0 Å². The molecule has 1 N–H and O–H groups in total. The molecule has 0 bridgehead atoms. The zero-order valence-corrected chi connectivity index (χ0v) is 7.92. The fraction of sp³-hybridized carbons (Fsp3) is 1.00. The summed E-state index contributed by atoms with van der Waals surface area (Å²) in [5.74, 6) is 1.24. The van der Waals surface area contributed by atoms with E-state index in [1.807, 2.05) is 11.8 Å². The molecular formula is C8H17NS. The smallest absolute Gasteiger partial charge is 0.0125 e. The molecule has 10 heavy (non-hydrogen) atoms. The summed E-state index contributed by atoms with van der Waals surface area (Å²) < 4.78 is 0. The van der Waals surface area contributed by atoms with Gasteiger partial charge in [-0.2, -0.15) is 11.8 Å². The molecule has 1 saturated carbocycles. The van der Waals surface area contributed by atoms with Crippen LogP contribution >= 0.6 is 11.8 Å². The standard InChI is InChI=1S/C8H17NS/c1-8(2)6-7(8)9-4-5-10-3/h7,9H,4-6H2,1-3H3.